The second kappa shape index (κ2) is 6.76. The second-order valence-electron chi connectivity index (χ2n) is 5.86. The number of nitrogens with one attached hydrogen (secondary N) is 1. The van der Waals surface area contributed by atoms with Gasteiger partial charge in [0.15, 0.2) is 0 Å². The summed E-state index contributed by atoms with van der Waals surface area (Å²) in [6.07, 6.45) is 5.74. The second-order valence-corrected chi connectivity index (χ2v) is 5.86. The summed E-state index contributed by atoms with van der Waals surface area (Å²) in [7, 11) is 0. The van der Waals surface area contributed by atoms with Gasteiger partial charge in [-0.3, -0.25) is 0 Å². The third-order valence-corrected chi connectivity index (χ3v) is 3.62. The maximum absolute atomic E-state index is 5.55. The quantitative estimate of drug-likeness (QED) is 0.777. The van der Waals surface area contributed by atoms with Gasteiger partial charge in [0.05, 0.1) is 6.26 Å². The lowest BCUT2D eigenvalue weighted by atomic mass is 10.0. The fourth-order valence-corrected chi connectivity index (χ4v) is 2.39. The Hall–Kier alpha value is -1.28. The maximum atomic E-state index is 5.55. The number of benzene rings is 1. The van der Waals surface area contributed by atoms with E-state index >= 15 is 0 Å². The van der Waals surface area contributed by atoms with E-state index < -0.39 is 0 Å². The van der Waals surface area contributed by atoms with Gasteiger partial charge < -0.3 is 9.73 Å². The van der Waals surface area contributed by atoms with Crippen LogP contribution in [0.5, 0.6) is 0 Å². The lowest BCUT2D eigenvalue weighted by molar-refractivity contribution is 0.456. The molecule has 0 saturated carbocycles. The standard InChI is InChI=1S/C17H25NO/c1-13(2)7-6-8-14(3)18-11-15-12-19-17-10-5-4-9-16(15)17/h4-5,9-10,12-14,18H,6-8,11H2,1-3H3. The number of hydrogen-bond donors (Lipinski definition) is 1. The summed E-state index contributed by atoms with van der Waals surface area (Å²) >= 11 is 0. The van der Waals surface area contributed by atoms with Gasteiger partial charge in [-0.15, -0.1) is 0 Å². The van der Waals surface area contributed by atoms with Crippen molar-refractivity contribution in [3.8, 4) is 0 Å². The lowest BCUT2D eigenvalue weighted by Gasteiger charge is -2.13. The van der Waals surface area contributed by atoms with Gasteiger partial charge in [0, 0.05) is 23.5 Å². The Morgan fingerprint density at radius 2 is 1.89 bits per heavy atom. The summed E-state index contributed by atoms with van der Waals surface area (Å²) in [5.41, 5.74) is 2.23. The molecule has 0 saturated heterocycles. The molecule has 1 unspecified atom stereocenters. The smallest absolute Gasteiger partial charge is 0.134 e. The minimum atomic E-state index is 0.562. The molecule has 1 aromatic carbocycles. The molecule has 0 radical (unpaired) electrons. The van der Waals surface area contributed by atoms with Gasteiger partial charge in [-0.25, -0.2) is 0 Å². The summed E-state index contributed by atoms with van der Waals surface area (Å²) in [5, 5.41) is 4.82. The Kier molecular flexibility index (Phi) is 5.03. The molecule has 1 atom stereocenters. The van der Waals surface area contributed by atoms with E-state index in [-0.39, 0.29) is 0 Å². The number of rotatable bonds is 7. The molecule has 0 bridgehead atoms. The molecule has 0 fully saturated rings. The number of hydrogen-bond acceptors (Lipinski definition) is 2. The zero-order valence-corrected chi connectivity index (χ0v) is 12.3. The lowest BCUT2D eigenvalue weighted by Crippen LogP contribution is -2.25. The average molecular weight is 259 g/mol. The number of furan rings is 1. The third kappa shape index (κ3) is 4.10. The molecular formula is C17H25NO. The minimum absolute atomic E-state index is 0.562. The van der Waals surface area contributed by atoms with E-state index in [1.807, 2.05) is 18.4 Å². The SMILES string of the molecule is CC(C)CCCC(C)NCc1coc2ccccc12. The van der Waals surface area contributed by atoms with Crippen LogP contribution in [0.25, 0.3) is 11.0 Å². The zero-order valence-electron chi connectivity index (χ0n) is 12.3. The van der Waals surface area contributed by atoms with Crippen molar-refractivity contribution >= 4 is 11.0 Å². The molecule has 2 heteroatoms. The Balaban J connectivity index is 1.81. The number of fused-ring (bicyclic) bond motifs is 1. The average Bonchev–Trinajstić information content (AvgIpc) is 2.79. The van der Waals surface area contributed by atoms with Crippen molar-refractivity contribution in [2.75, 3.05) is 0 Å². The first-order valence-corrected chi connectivity index (χ1v) is 7.35. The molecule has 2 rings (SSSR count). The van der Waals surface area contributed by atoms with E-state index in [0.717, 1.165) is 18.0 Å². The van der Waals surface area contributed by atoms with Crippen LogP contribution in [0.4, 0.5) is 0 Å². The Morgan fingerprint density at radius 3 is 2.68 bits per heavy atom. The summed E-state index contributed by atoms with van der Waals surface area (Å²) in [6.45, 7) is 7.73. The van der Waals surface area contributed by atoms with E-state index in [9.17, 15) is 0 Å². The Labute approximate surface area is 116 Å². The van der Waals surface area contributed by atoms with E-state index in [1.165, 1.54) is 30.2 Å². The monoisotopic (exact) mass is 259 g/mol. The summed E-state index contributed by atoms with van der Waals surface area (Å²) in [5.74, 6) is 0.810. The van der Waals surface area contributed by atoms with Crippen LogP contribution in [-0.4, -0.2) is 6.04 Å². The van der Waals surface area contributed by atoms with Crippen molar-refractivity contribution in [1.29, 1.82) is 0 Å². The highest BCUT2D eigenvalue weighted by Crippen LogP contribution is 2.20. The molecule has 1 aromatic heterocycles. The minimum Gasteiger partial charge on any atom is -0.464 e. The first-order valence-electron chi connectivity index (χ1n) is 7.35. The fraction of sp³-hybridized carbons (Fsp3) is 0.529. The summed E-state index contributed by atoms with van der Waals surface area (Å²) < 4.78 is 5.55. The first-order chi connectivity index (χ1) is 9.16. The van der Waals surface area contributed by atoms with Crippen LogP contribution < -0.4 is 5.32 Å². The van der Waals surface area contributed by atoms with E-state index in [1.54, 1.807) is 0 Å². The predicted molar refractivity (Wildman–Crippen MR) is 81.2 cm³/mol. The molecule has 0 aliphatic rings. The van der Waals surface area contributed by atoms with Crippen LogP contribution in [0.15, 0.2) is 34.9 Å². The molecule has 104 valence electrons. The van der Waals surface area contributed by atoms with Crippen molar-refractivity contribution in [3.05, 3.63) is 36.1 Å². The summed E-state index contributed by atoms with van der Waals surface area (Å²) in [6, 6.07) is 8.78. The van der Waals surface area contributed by atoms with Gasteiger partial charge in [-0.1, -0.05) is 44.9 Å². The molecule has 0 spiro atoms. The molecule has 2 aromatic rings. The van der Waals surface area contributed by atoms with Gasteiger partial charge in [0.1, 0.15) is 5.58 Å². The first kappa shape index (κ1) is 14.1. The van der Waals surface area contributed by atoms with Gasteiger partial charge >= 0.3 is 0 Å². The van der Waals surface area contributed by atoms with Gasteiger partial charge in [0.25, 0.3) is 0 Å². The molecular weight excluding hydrogens is 234 g/mol. The predicted octanol–water partition coefficient (Wildman–Crippen LogP) is 4.74. The third-order valence-electron chi connectivity index (χ3n) is 3.62. The van der Waals surface area contributed by atoms with Crippen LogP contribution in [0.3, 0.4) is 0 Å². The highest BCUT2D eigenvalue weighted by molar-refractivity contribution is 5.80. The van der Waals surface area contributed by atoms with Crippen LogP contribution in [-0.2, 0) is 6.54 Å². The van der Waals surface area contributed by atoms with Crippen molar-refractivity contribution in [2.24, 2.45) is 5.92 Å². The Morgan fingerprint density at radius 1 is 1.11 bits per heavy atom. The molecule has 0 aliphatic carbocycles. The highest BCUT2D eigenvalue weighted by atomic mass is 16.3. The van der Waals surface area contributed by atoms with Crippen LogP contribution in [0, 0.1) is 5.92 Å². The highest BCUT2D eigenvalue weighted by Gasteiger charge is 2.07. The van der Waals surface area contributed by atoms with E-state index in [2.05, 4.69) is 38.2 Å². The van der Waals surface area contributed by atoms with E-state index in [0.29, 0.717) is 6.04 Å². The maximum Gasteiger partial charge on any atom is 0.134 e. The molecule has 1 N–H and O–H groups in total. The largest absolute Gasteiger partial charge is 0.464 e. The van der Waals surface area contributed by atoms with Gasteiger partial charge in [-0.05, 0) is 25.3 Å². The molecule has 0 amide bonds. The molecule has 19 heavy (non-hydrogen) atoms. The fourth-order valence-electron chi connectivity index (χ4n) is 2.39. The molecule has 0 aliphatic heterocycles. The molecule has 1 heterocycles. The normalized spacial score (nSPS) is 13.3. The van der Waals surface area contributed by atoms with Crippen molar-refractivity contribution < 1.29 is 4.42 Å². The molecule has 2 nitrogen and oxygen atoms in total. The topological polar surface area (TPSA) is 25.2 Å². The van der Waals surface area contributed by atoms with Gasteiger partial charge in [-0.2, -0.15) is 0 Å². The van der Waals surface area contributed by atoms with Crippen LogP contribution >= 0.6 is 0 Å². The van der Waals surface area contributed by atoms with Crippen LogP contribution in [0.2, 0.25) is 0 Å². The van der Waals surface area contributed by atoms with Gasteiger partial charge in [0.2, 0.25) is 0 Å². The van der Waals surface area contributed by atoms with Crippen LogP contribution in [0.1, 0.15) is 45.6 Å². The zero-order chi connectivity index (χ0) is 13.7. The summed E-state index contributed by atoms with van der Waals surface area (Å²) in [4.78, 5) is 0. The Bertz CT molecular complexity index is 501. The number of para-hydroxylation sites is 1. The van der Waals surface area contributed by atoms with Crippen molar-refractivity contribution in [1.82, 2.24) is 5.32 Å². The van der Waals surface area contributed by atoms with Crippen molar-refractivity contribution in [3.63, 3.8) is 0 Å². The van der Waals surface area contributed by atoms with Crippen molar-refractivity contribution in [2.45, 2.75) is 52.6 Å². The van der Waals surface area contributed by atoms with E-state index in [4.69, 9.17) is 4.42 Å².